The van der Waals surface area contributed by atoms with E-state index in [1.807, 2.05) is 0 Å². The van der Waals surface area contributed by atoms with Crippen LogP contribution < -0.4 is 16.4 Å². The molecule has 100 valence electrons. The van der Waals surface area contributed by atoms with Crippen LogP contribution in [0.3, 0.4) is 0 Å². The number of benzene rings is 1. The van der Waals surface area contributed by atoms with Crippen molar-refractivity contribution in [1.29, 1.82) is 0 Å². The zero-order valence-corrected chi connectivity index (χ0v) is 9.93. The lowest BCUT2D eigenvalue weighted by Crippen LogP contribution is -2.23. The molecular formula is C11H12N4O4. The number of nitrogens with one attached hydrogen (secondary N) is 2. The average molecular weight is 264 g/mol. The zero-order valence-electron chi connectivity index (χ0n) is 9.93. The number of anilines is 2. The fraction of sp³-hybridized carbons (Fsp3) is 0.273. The van der Waals surface area contributed by atoms with Crippen LogP contribution in [0.4, 0.5) is 17.1 Å². The van der Waals surface area contributed by atoms with E-state index < -0.39 is 10.8 Å². The molecule has 0 unspecified atom stereocenters. The number of fused-ring (bicyclic) bond motifs is 1. The molecule has 1 heterocycles. The summed E-state index contributed by atoms with van der Waals surface area (Å²) in [4.78, 5) is 32.4. The first kappa shape index (κ1) is 12.8. The molecule has 0 atom stereocenters. The Kier molecular flexibility index (Phi) is 3.32. The standard InChI is InChI=1S/C11H12N4O4/c12-10(16)5-13-8-3-6-1-2-11(17)14-7(6)4-9(8)15(18)19/h3-4,13H,1-2,5H2,(H2,12,16)(H,14,17). The minimum Gasteiger partial charge on any atom is -0.371 e. The van der Waals surface area contributed by atoms with Gasteiger partial charge >= 0.3 is 0 Å². The summed E-state index contributed by atoms with van der Waals surface area (Å²) in [5.74, 6) is -0.778. The molecule has 0 saturated heterocycles. The molecule has 1 aromatic rings. The number of rotatable bonds is 4. The van der Waals surface area contributed by atoms with E-state index in [1.165, 1.54) is 6.07 Å². The fourth-order valence-corrected chi connectivity index (χ4v) is 1.89. The number of aryl methyl sites for hydroxylation is 1. The van der Waals surface area contributed by atoms with Crippen LogP contribution in [-0.4, -0.2) is 23.3 Å². The van der Waals surface area contributed by atoms with E-state index in [2.05, 4.69) is 10.6 Å². The second-order valence-corrected chi connectivity index (χ2v) is 4.15. The molecule has 19 heavy (non-hydrogen) atoms. The topological polar surface area (TPSA) is 127 Å². The van der Waals surface area contributed by atoms with E-state index in [0.717, 1.165) is 5.56 Å². The van der Waals surface area contributed by atoms with Gasteiger partial charge in [-0.2, -0.15) is 0 Å². The van der Waals surface area contributed by atoms with Crippen LogP contribution in [0, 0.1) is 10.1 Å². The summed E-state index contributed by atoms with van der Waals surface area (Å²) in [7, 11) is 0. The van der Waals surface area contributed by atoms with Gasteiger partial charge in [0, 0.05) is 12.5 Å². The maximum absolute atomic E-state index is 11.2. The van der Waals surface area contributed by atoms with Crippen molar-refractivity contribution in [3.8, 4) is 0 Å². The number of nitro groups is 1. The van der Waals surface area contributed by atoms with Gasteiger partial charge in [0.25, 0.3) is 5.69 Å². The summed E-state index contributed by atoms with van der Waals surface area (Å²) in [6, 6.07) is 2.85. The number of nitrogens with zero attached hydrogens (tertiary/aromatic N) is 1. The molecule has 0 aromatic heterocycles. The van der Waals surface area contributed by atoms with Crippen molar-refractivity contribution in [1.82, 2.24) is 0 Å². The summed E-state index contributed by atoms with van der Waals surface area (Å²) in [6.07, 6.45) is 0.838. The molecule has 0 spiro atoms. The molecule has 0 aliphatic carbocycles. The molecule has 0 fully saturated rings. The van der Waals surface area contributed by atoms with Gasteiger partial charge in [-0.05, 0) is 18.1 Å². The first-order valence-electron chi connectivity index (χ1n) is 5.60. The molecule has 8 heteroatoms. The minimum absolute atomic E-state index is 0.167. The number of nitrogens with two attached hydrogens (primary N) is 1. The number of nitro benzene ring substituents is 1. The molecule has 0 saturated carbocycles. The van der Waals surface area contributed by atoms with Crippen LogP contribution in [0.25, 0.3) is 0 Å². The van der Waals surface area contributed by atoms with Crippen LogP contribution in [0.5, 0.6) is 0 Å². The number of primary amides is 1. The first-order valence-corrected chi connectivity index (χ1v) is 5.60. The van der Waals surface area contributed by atoms with Gasteiger partial charge in [0.15, 0.2) is 0 Å². The Hall–Kier alpha value is -2.64. The summed E-state index contributed by atoms with van der Waals surface area (Å²) >= 11 is 0. The van der Waals surface area contributed by atoms with Crippen LogP contribution in [0.2, 0.25) is 0 Å². The molecule has 4 N–H and O–H groups in total. The van der Waals surface area contributed by atoms with Gasteiger partial charge in [0.05, 0.1) is 17.2 Å². The highest BCUT2D eigenvalue weighted by Gasteiger charge is 2.22. The third kappa shape index (κ3) is 2.79. The number of carbonyl (C=O) groups is 2. The predicted octanol–water partition coefficient (Wildman–Crippen LogP) is 0.377. The molecule has 2 amide bonds. The lowest BCUT2D eigenvalue weighted by molar-refractivity contribution is -0.383. The predicted molar refractivity (Wildman–Crippen MR) is 67.7 cm³/mol. The molecule has 8 nitrogen and oxygen atoms in total. The van der Waals surface area contributed by atoms with Crippen molar-refractivity contribution in [3.05, 3.63) is 27.8 Å². The molecule has 1 aromatic carbocycles. The summed E-state index contributed by atoms with van der Waals surface area (Å²) in [5.41, 5.74) is 6.24. The van der Waals surface area contributed by atoms with Gasteiger partial charge in [-0.25, -0.2) is 0 Å². The highest BCUT2D eigenvalue weighted by atomic mass is 16.6. The second-order valence-electron chi connectivity index (χ2n) is 4.15. The SMILES string of the molecule is NC(=O)CNc1cc2c(cc1[N+](=O)[O-])NC(=O)CC2. The maximum atomic E-state index is 11.2. The van der Waals surface area contributed by atoms with E-state index in [1.54, 1.807) is 6.07 Å². The molecule has 0 radical (unpaired) electrons. The Morgan fingerprint density at radius 1 is 1.47 bits per heavy atom. The number of hydrogen-bond acceptors (Lipinski definition) is 5. The molecule has 1 aliphatic heterocycles. The Balaban J connectivity index is 2.38. The smallest absolute Gasteiger partial charge is 0.294 e. The Labute approximate surface area is 108 Å². The first-order chi connectivity index (χ1) is 8.97. The van der Waals surface area contributed by atoms with Crippen molar-refractivity contribution in [3.63, 3.8) is 0 Å². The van der Waals surface area contributed by atoms with Crippen molar-refractivity contribution in [2.24, 2.45) is 5.73 Å². The maximum Gasteiger partial charge on any atom is 0.294 e. The van der Waals surface area contributed by atoms with E-state index in [9.17, 15) is 19.7 Å². The normalized spacial score (nSPS) is 13.4. The third-order valence-electron chi connectivity index (χ3n) is 2.77. The van der Waals surface area contributed by atoms with Crippen molar-refractivity contribution < 1.29 is 14.5 Å². The van der Waals surface area contributed by atoms with Crippen molar-refractivity contribution in [2.75, 3.05) is 17.2 Å². The average Bonchev–Trinajstić information content (AvgIpc) is 2.35. The quantitative estimate of drug-likeness (QED) is 0.535. The summed E-state index contributed by atoms with van der Waals surface area (Å²) in [6.45, 7) is -0.189. The Morgan fingerprint density at radius 2 is 2.21 bits per heavy atom. The van der Waals surface area contributed by atoms with E-state index in [0.29, 0.717) is 18.5 Å². The molecule has 2 rings (SSSR count). The Morgan fingerprint density at radius 3 is 2.84 bits per heavy atom. The Bertz CT molecular complexity index is 570. The number of hydrogen-bond donors (Lipinski definition) is 3. The molecule has 0 bridgehead atoms. The zero-order chi connectivity index (χ0) is 14.0. The van der Waals surface area contributed by atoms with Gasteiger partial charge in [-0.15, -0.1) is 0 Å². The van der Waals surface area contributed by atoms with Crippen LogP contribution >= 0.6 is 0 Å². The van der Waals surface area contributed by atoms with Crippen LogP contribution in [0.1, 0.15) is 12.0 Å². The van der Waals surface area contributed by atoms with Gasteiger partial charge < -0.3 is 16.4 Å². The van der Waals surface area contributed by atoms with Crippen molar-refractivity contribution in [2.45, 2.75) is 12.8 Å². The van der Waals surface area contributed by atoms with Crippen molar-refractivity contribution >= 4 is 28.9 Å². The monoisotopic (exact) mass is 264 g/mol. The van der Waals surface area contributed by atoms with Gasteiger partial charge in [-0.3, -0.25) is 19.7 Å². The second kappa shape index (κ2) is 4.92. The highest BCUT2D eigenvalue weighted by molar-refractivity contribution is 5.95. The lowest BCUT2D eigenvalue weighted by Gasteiger charge is -2.18. The van der Waals surface area contributed by atoms with Gasteiger partial charge in [-0.1, -0.05) is 0 Å². The van der Waals surface area contributed by atoms with E-state index in [4.69, 9.17) is 5.73 Å². The van der Waals surface area contributed by atoms with E-state index in [-0.39, 0.29) is 23.8 Å². The third-order valence-corrected chi connectivity index (χ3v) is 2.77. The van der Waals surface area contributed by atoms with E-state index >= 15 is 0 Å². The summed E-state index contributed by atoms with van der Waals surface area (Å²) in [5, 5.41) is 16.2. The largest absolute Gasteiger partial charge is 0.371 e. The van der Waals surface area contributed by atoms with Crippen LogP contribution in [-0.2, 0) is 16.0 Å². The van der Waals surface area contributed by atoms with Gasteiger partial charge in [0.2, 0.25) is 11.8 Å². The number of carbonyl (C=O) groups excluding carboxylic acids is 2. The molecular weight excluding hydrogens is 252 g/mol. The molecule has 1 aliphatic rings. The fourth-order valence-electron chi connectivity index (χ4n) is 1.89. The van der Waals surface area contributed by atoms with Crippen LogP contribution in [0.15, 0.2) is 12.1 Å². The number of amides is 2. The highest BCUT2D eigenvalue weighted by Crippen LogP contribution is 2.33. The minimum atomic E-state index is -0.611. The van der Waals surface area contributed by atoms with Gasteiger partial charge in [0.1, 0.15) is 5.69 Å². The summed E-state index contributed by atoms with van der Waals surface area (Å²) < 4.78 is 0. The lowest BCUT2D eigenvalue weighted by atomic mass is 10.0.